The molecular formula is C22H32N4O3. The molecule has 0 aliphatic heterocycles. The Hall–Kier alpha value is -2.31. The fourth-order valence-electron chi connectivity index (χ4n) is 3.93. The van der Waals surface area contributed by atoms with Crippen molar-refractivity contribution in [1.82, 2.24) is 20.1 Å². The van der Waals surface area contributed by atoms with Gasteiger partial charge in [-0.3, -0.25) is 4.79 Å². The maximum Gasteiger partial charge on any atom is 0.307 e. The fraction of sp³-hybridized carbons (Fsp3) is 0.682. The second-order valence-corrected chi connectivity index (χ2v) is 8.95. The maximum absolute atomic E-state index is 12.4. The molecule has 1 atom stereocenters. The standard InChI is InChI=1S/C22H32N4O3/c1-22(2,3)28-18(27)15-17(12-7-11-16-9-5-4-6-10-16)21-25-20(26-29-21)19-23-13-8-14-24-19/h8,13-14,16-17H,4-7,9-12,15H2,1-3H3/t17-/m1/s1. The quantitative estimate of drug-likeness (QED) is 0.570. The van der Waals surface area contributed by atoms with E-state index in [1.807, 2.05) is 20.8 Å². The Bertz CT molecular complexity index is 764. The molecule has 2 heterocycles. The summed E-state index contributed by atoms with van der Waals surface area (Å²) in [6.07, 6.45) is 13.3. The molecule has 0 bridgehead atoms. The molecule has 0 aromatic carbocycles. The van der Waals surface area contributed by atoms with Crippen LogP contribution in [0.2, 0.25) is 0 Å². The zero-order valence-electron chi connectivity index (χ0n) is 17.8. The van der Waals surface area contributed by atoms with Crippen molar-refractivity contribution in [1.29, 1.82) is 0 Å². The van der Waals surface area contributed by atoms with Crippen LogP contribution in [0.25, 0.3) is 11.6 Å². The lowest BCUT2D eigenvalue weighted by Gasteiger charge is -2.23. The summed E-state index contributed by atoms with van der Waals surface area (Å²) in [7, 11) is 0. The Morgan fingerprint density at radius 2 is 1.90 bits per heavy atom. The van der Waals surface area contributed by atoms with Crippen molar-refractivity contribution in [2.75, 3.05) is 0 Å². The van der Waals surface area contributed by atoms with Gasteiger partial charge >= 0.3 is 5.97 Å². The van der Waals surface area contributed by atoms with Gasteiger partial charge in [-0.25, -0.2) is 9.97 Å². The van der Waals surface area contributed by atoms with Gasteiger partial charge in [-0.15, -0.1) is 0 Å². The third-order valence-corrected chi connectivity index (χ3v) is 5.28. The zero-order chi connectivity index (χ0) is 20.7. The first-order chi connectivity index (χ1) is 13.9. The number of hydrogen-bond donors (Lipinski definition) is 0. The van der Waals surface area contributed by atoms with E-state index in [-0.39, 0.29) is 18.3 Å². The summed E-state index contributed by atoms with van der Waals surface area (Å²) in [5.41, 5.74) is -0.512. The van der Waals surface area contributed by atoms with Crippen molar-refractivity contribution < 1.29 is 14.1 Å². The van der Waals surface area contributed by atoms with Crippen LogP contribution in [0.3, 0.4) is 0 Å². The lowest BCUT2D eigenvalue weighted by Crippen LogP contribution is -2.25. The Morgan fingerprint density at radius 1 is 1.17 bits per heavy atom. The smallest absolute Gasteiger partial charge is 0.307 e. The number of hydrogen-bond acceptors (Lipinski definition) is 7. The summed E-state index contributed by atoms with van der Waals surface area (Å²) in [6, 6.07) is 1.74. The third kappa shape index (κ3) is 6.91. The van der Waals surface area contributed by atoms with Gasteiger partial charge in [-0.1, -0.05) is 50.1 Å². The van der Waals surface area contributed by atoms with E-state index < -0.39 is 5.60 Å². The number of rotatable bonds is 8. The van der Waals surface area contributed by atoms with Gasteiger partial charge in [-0.2, -0.15) is 4.98 Å². The lowest BCUT2D eigenvalue weighted by molar-refractivity contribution is -0.155. The minimum atomic E-state index is -0.512. The number of carbonyl (C=O) groups excluding carboxylic acids is 1. The van der Waals surface area contributed by atoms with Crippen molar-refractivity contribution >= 4 is 5.97 Å². The number of esters is 1. The highest BCUT2D eigenvalue weighted by Crippen LogP contribution is 2.32. The average molecular weight is 401 g/mol. The van der Waals surface area contributed by atoms with Gasteiger partial charge in [0.05, 0.1) is 6.42 Å². The average Bonchev–Trinajstić information content (AvgIpc) is 3.17. The van der Waals surface area contributed by atoms with Crippen molar-refractivity contribution in [3.05, 3.63) is 24.4 Å². The van der Waals surface area contributed by atoms with Crippen molar-refractivity contribution in [2.45, 2.75) is 90.1 Å². The van der Waals surface area contributed by atoms with E-state index in [9.17, 15) is 4.79 Å². The van der Waals surface area contributed by atoms with Gasteiger partial charge in [0.15, 0.2) is 0 Å². The van der Waals surface area contributed by atoms with Crippen LogP contribution in [0.4, 0.5) is 0 Å². The molecule has 2 aromatic heterocycles. The normalized spacial score (nSPS) is 16.5. The highest BCUT2D eigenvalue weighted by Gasteiger charge is 2.26. The molecule has 158 valence electrons. The van der Waals surface area contributed by atoms with Crippen LogP contribution < -0.4 is 0 Å². The summed E-state index contributed by atoms with van der Waals surface area (Å²) in [5.74, 6) is 1.64. The molecule has 7 heteroatoms. The molecule has 1 fully saturated rings. The molecule has 1 aliphatic carbocycles. The summed E-state index contributed by atoms with van der Waals surface area (Å²) in [5, 5.41) is 4.02. The predicted octanol–water partition coefficient (Wildman–Crippen LogP) is 5.09. The molecule has 29 heavy (non-hydrogen) atoms. The molecule has 0 spiro atoms. The van der Waals surface area contributed by atoms with Crippen molar-refractivity contribution in [3.8, 4) is 11.6 Å². The van der Waals surface area contributed by atoms with Gasteiger partial charge in [0.25, 0.3) is 0 Å². The van der Waals surface area contributed by atoms with Crippen molar-refractivity contribution in [2.24, 2.45) is 5.92 Å². The summed E-state index contributed by atoms with van der Waals surface area (Å²) in [4.78, 5) is 25.3. The monoisotopic (exact) mass is 400 g/mol. The van der Waals surface area contributed by atoms with Gasteiger partial charge in [0.2, 0.25) is 17.5 Å². The molecule has 7 nitrogen and oxygen atoms in total. The van der Waals surface area contributed by atoms with Crippen LogP contribution in [-0.4, -0.2) is 31.7 Å². The van der Waals surface area contributed by atoms with Crippen LogP contribution in [0.5, 0.6) is 0 Å². The Kier molecular flexibility index (Phi) is 7.34. The number of carbonyl (C=O) groups is 1. The molecule has 0 amide bonds. The van der Waals surface area contributed by atoms with Crippen LogP contribution in [0.1, 0.15) is 90.4 Å². The van der Waals surface area contributed by atoms with E-state index in [1.165, 1.54) is 38.5 Å². The second kappa shape index (κ2) is 9.94. The van der Waals surface area contributed by atoms with Crippen LogP contribution >= 0.6 is 0 Å². The van der Waals surface area contributed by atoms with E-state index in [0.717, 1.165) is 18.8 Å². The molecule has 0 unspecified atom stereocenters. The largest absolute Gasteiger partial charge is 0.460 e. The van der Waals surface area contributed by atoms with E-state index >= 15 is 0 Å². The summed E-state index contributed by atoms with van der Waals surface area (Å²) >= 11 is 0. The van der Waals surface area contributed by atoms with E-state index in [0.29, 0.717) is 17.5 Å². The summed E-state index contributed by atoms with van der Waals surface area (Å²) in [6.45, 7) is 5.63. The highest BCUT2D eigenvalue weighted by molar-refractivity contribution is 5.70. The first kappa shape index (κ1) is 21.4. The number of ether oxygens (including phenoxy) is 1. The number of aromatic nitrogens is 4. The Balaban J connectivity index is 1.66. The Labute approximate surface area is 172 Å². The molecule has 3 rings (SSSR count). The SMILES string of the molecule is CC(C)(C)OC(=O)C[C@@H](CCCC1CCCCC1)c1nc(-c2ncccn2)no1. The van der Waals surface area contributed by atoms with E-state index in [1.54, 1.807) is 18.5 Å². The maximum atomic E-state index is 12.4. The van der Waals surface area contributed by atoms with Crippen molar-refractivity contribution in [3.63, 3.8) is 0 Å². The van der Waals surface area contributed by atoms with Gasteiger partial charge in [0.1, 0.15) is 5.60 Å². The van der Waals surface area contributed by atoms with Crippen LogP contribution in [0.15, 0.2) is 23.0 Å². The molecule has 1 saturated carbocycles. The first-order valence-electron chi connectivity index (χ1n) is 10.7. The number of nitrogens with zero attached hydrogens (tertiary/aromatic N) is 4. The summed E-state index contributed by atoms with van der Waals surface area (Å²) < 4.78 is 11.0. The zero-order valence-corrected chi connectivity index (χ0v) is 17.8. The van der Waals surface area contributed by atoms with E-state index in [2.05, 4.69) is 20.1 Å². The molecular weight excluding hydrogens is 368 g/mol. The molecule has 0 N–H and O–H groups in total. The van der Waals surface area contributed by atoms with Crippen LogP contribution in [-0.2, 0) is 9.53 Å². The van der Waals surface area contributed by atoms with Gasteiger partial charge in [-0.05, 0) is 39.2 Å². The molecule has 2 aromatic rings. The van der Waals surface area contributed by atoms with Gasteiger partial charge in [0, 0.05) is 18.3 Å². The first-order valence-corrected chi connectivity index (χ1v) is 10.7. The molecule has 0 radical (unpaired) electrons. The predicted molar refractivity (Wildman–Crippen MR) is 109 cm³/mol. The fourth-order valence-corrected chi connectivity index (χ4v) is 3.93. The molecule has 0 saturated heterocycles. The minimum Gasteiger partial charge on any atom is -0.460 e. The second-order valence-electron chi connectivity index (χ2n) is 8.95. The van der Waals surface area contributed by atoms with E-state index in [4.69, 9.17) is 9.26 Å². The lowest BCUT2D eigenvalue weighted by atomic mass is 9.84. The topological polar surface area (TPSA) is 91.0 Å². The van der Waals surface area contributed by atoms with Gasteiger partial charge < -0.3 is 9.26 Å². The van der Waals surface area contributed by atoms with Crippen LogP contribution in [0, 0.1) is 5.92 Å². The highest BCUT2D eigenvalue weighted by atomic mass is 16.6. The Morgan fingerprint density at radius 3 is 2.59 bits per heavy atom. The molecule has 1 aliphatic rings. The minimum absolute atomic E-state index is 0.154. The third-order valence-electron chi connectivity index (χ3n) is 5.28.